The lowest BCUT2D eigenvalue weighted by Crippen LogP contribution is -2.40. The largest absolute Gasteiger partial charge is 0.444 e. The Hall–Kier alpha value is -2.65. The highest BCUT2D eigenvalue weighted by molar-refractivity contribution is 5.70. The van der Waals surface area contributed by atoms with Gasteiger partial charge in [-0.05, 0) is 34.1 Å². The van der Waals surface area contributed by atoms with E-state index in [4.69, 9.17) is 4.74 Å². The van der Waals surface area contributed by atoms with E-state index in [1.54, 1.807) is 27.7 Å². The summed E-state index contributed by atoms with van der Waals surface area (Å²) in [5, 5.41) is 5.94. The van der Waals surface area contributed by atoms with Gasteiger partial charge in [-0.3, -0.25) is 5.10 Å². The number of aromatic amines is 1. The fraction of sp³-hybridized carbons (Fsp3) is 0.529. The minimum absolute atomic E-state index is 0.149. The van der Waals surface area contributed by atoms with Crippen molar-refractivity contribution in [2.45, 2.75) is 52.4 Å². The van der Waals surface area contributed by atoms with Gasteiger partial charge in [-0.25, -0.2) is 14.8 Å². The molecule has 3 rings (SSSR count). The van der Waals surface area contributed by atoms with Crippen LogP contribution in [0.3, 0.4) is 0 Å². The summed E-state index contributed by atoms with van der Waals surface area (Å²) in [6.07, 6.45) is -3.97. The zero-order valence-corrected chi connectivity index (χ0v) is 15.4. The van der Waals surface area contributed by atoms with Gasteiger partial charge in [0, 0.05) is 12.1 Å². The second-order valence-electron chi connectivity index (χ2n) is 7.35. The summed E-state index contributed by atoms with van der Waals surface area (Å²) >= 11 is 0. The number of aromatic nitrogens is 4. The minimum atomic E-state index is -4.55. The number of ether oxygens (including phenoxy) is 1. The van der Waals surface area contributed by atoms with Crippen molar-refractivity contribution in [2.24, 2.45) is 0 Å². The highest BCUT2D eigenvalue weighted by Crippen LogP contribution is 2.37. The minimum Gasteiger partial charge on any atom is -0.444 e. The predicted molar refractivity (Wildman–Crippen MR) is 89.7 cm³/mol. The van der Waals surface area contributed by atoms with Crippen LogP contribution in [0, 0.1) is 6.92 Å². The molecule has 10 heteroatoms. The van der Waals surface area contributed by atoms with Crippen molar-refractivity contribution in [1.29, 1.82) is 0 Å². The van der Waals surface area contributed by atoms with Crippen molar-refractivity contribution in [1.82, 2.24) is 25.1 Å². The van der Waals surface area contributed by atoms with Crippen LogP contribution in [0.4, 0.5) is 18.0 Å². The van der Waals surface area contributed by atoms with Gasteiger partial charge in [-0.2, -0.15) is 18.3 Å². The van der Waals surface area contributed by atoms with Crippen LogP contribution >= 0.6 is 0 Å². The van der Waals surface area contributed by atoms with Gasteiger partial charge in [0.1, 0.15) is 17.0 Å². The third kappa shape index (κ3) is 4.04. The molecule has 0 radical (unpaired) electrons. The lowest BCUT2D eigenvalue weighted by atomic mass is 9.99. The summed E-state index contributed by atoms with van der Waals surface area (Å²) in [7, 11) is 0. The third-order valence-corrected chi connectivity index (χ3v) is 4.01. The summed E-state index contributed by atoms with van der Waals surface area (Å²) in [4.78, 5) is 22.3. The monoisotopic (exact) mass is 383 g/mol. The second-order valence-corrected chi connectivity index (χ2v) is 7.35. The number of fused-ring (bicyclic) bond motifs is 1. The Labute approximate surface area is 154 Å². The fourth-order valence-electron chi connectivity index (χ4n) is 2.92. The van der Waals surface area contributed by atoms with E-state index in [0.717, 1.165) is 6.20 Å². The van der Waals surface area contributed by atoms with Crippen molar-refractivity contribution < 1.29 is 22.7 Å². The first-order valence-electron chi connectivity index (χ1n) is 8.41. The Bertz CT molecular complexity index is 870. The van der Waals surface area contributed by atoms with Crippen molar-refractivity contribution in [2.75, 3.05) is 6.54 Å². The molecule has 27 heavy (non-hydrogen) atoms. The lowest BCUT2D eigenvalue weighted by Gasteiger charge is -2.31. The zero-order valence-electron chi connectivity index (χ0n) is 15.4. The highest BCUT2D eigenvalue weighted by atomic mass is 19.4. The molecule has 7 nitrogen and oxygen atoms in total. The number of aryl methyl sites for hydroxylation is 1. The van der Waals surface area contributed by atoms with Crippen LogP contribution in [-0.4, -0.2) is 43.3 Å². The van der Waals surface area contributed by atoms with Crippen LogP contribution in [0.5, 0.6) is 0 Å². The van der Waals surface area contributed by atoms with Gasteiger partial charge in [-0.1, -0.05) is 0 Å². The number of carbonyl (C=O) groups excluding carboxylic acids is 1. The molecule has 0 bridgehead atoms. The zero-order chi connectivity index (χ0) is 20.0. The topological polar surface area (TPSA) is 84.0 Å². The number of rotatable bonds is 1. The lowest BCUT2D eigenvalue weighted by molar-refractivity contribution is -0.137. The van der Waals surface area contributed by atoms with Gasteiger partial charge >= 0.3 is 12.3 Å². The van der Waals surface area contributed by atoms with Crippen molar-refractivity contribution in [3.8, 4) is 11.4 Å². The highest BCUT2D eigenvalue weighted by Gasteiger charge is 2.37. The van der Waals surface area contributed by atoms with Crippen molar-refractivity contribution in [3.05, 3.63) is 28.8 Å². The molecular weight excluding hydrogens is 363 g/mol. The van der Waals surface area contributed by atoms with E-state index in [1.807, 2.05) is 0 Å². The first-order chi connectivity index (χ1) is 12.5. The summed E-state index contributed by atoms with van der Waals surface area (Å²) in [5.74, 6) is 0.317. The Morgan fingerprint density at radius 1 is 1.26 bits per heavy atom. The van der Waals surface area contributed by atoms with E-state index in [-0.39, 0.29) is 17.9 Å². The predicted octanol–water partition coefficient (Wildman–Crippen LogP) is 3.49. The maximum absolute atomic E-state index is 13.3. The maximum Gasteiger partial charge on any atom is 0.420 e. The van der Waals surface area contributed by atoms with E-state index in [0.29, 0.717) is 30.0 Å². The molecule has 1 aliphatic heterocycles. The molecule has 146 valence electrons. The number of H-pyrrole nitrogens is 1. The Kier molecular flexibility index (Phi) is 4.61. The van der Waals surface area contributed by atoms with Crippen LogP contribution in [0.1, 0.15) is 43.4 Å². The third-order valence-electron chi connectivity index (χ3n) is 4.01. The molecular formula is C17H20F3N5O2. The molecule has 2 aromatic heterocycles. The smallest absolute Gasteiger partial charge is 0.420 e. The molecule has 0 unspecified atom stereocenters. The van der Waals surface area contributed by atoms with E-state index in [9.17, 15) is 18.0 Å². The Morgan fingerprint density at radius 2 is 1.96 bits per heavy atom. The van der Waals surface area contributed by atoms with E-state index in [2.05, 4.69) is 20.2 Å². The molecule has 0 atom stereocenters. The SMILES string of the molecule is Cc1nc2c(c(-c3[nH]ncc3C(F)(F)F)n1)CCN(C(=O)OC(C)(C)C)C2. The number of nitrogens with one attached hydrogen (secondary N) is 1. The number of halogens is 3. The number of alkyl halides is 3. The average Bonchev–Trinajstić information content (AvgIpc) is 3.01. The average molecular weight is 383 g/mol. The van der Waals surface area contributed by atoms with Gasteiger partial charge in [0.25, 0.3) is 0 Å². The van der Waals surface area contributed by atoms with Crippen LogP contribution < -0.4 is 0 Å². The van der Waals surface area contributed by atoms with Crippen molar-refractivity contribution in [3.63, 3.8) is 0 Å². The first kappa shape index (κ1) is 19.1. The summed E-state index contributed by atoms with van der Waals surface area (Å²) < 4.78 is 45.1. The van der Waals surface area contributed by atoms with E-state index >= 15 is 0 Å². The molecule has 2 aromatic rings. The number of hydrogen-bond acceptors (Lipinski definition) is 5. The number of nitrogens with zero attached hydrogens (tertiary/aromatic N) is 4. The van der Waals surface area contributed by atoms with Gasteiger partial charge < -0.3 is 9.64 Å². The van der Waals surface area contributed by atoms with Gasteiger partial charge in [-0.15, -0.1) is 0 Å². The number of hydrogen-bond donors (Lipinski definition) is 1. The molecule has 0 saturated carbocycles. The van der Waals surface area contributed by atoms with Gasteiger partial charge in [0.05, 0.1) is 29.8 Å². The second kappa shape index (κ2) is 6.50. The summed E-state index contributed by atoms with van der Waals surface area (Å²) in [6.45, 7) is 7.35. The Morgan fingerprint density at radius 3 is 2.59 bits per heavy atom. The fourth-order valence-corrected chi connectivity index (χ4v) is 2.92. The standard InChI is InChI=1S/C17H20F3N5O2/c1-9-22-12-8-25(15(26)27-16(2,3)4)6-5-10(12)13(23-9)14-11(7-21-24-14)17(18,19)20/h7H,5-6,8H2,1-4H3,(H,21,24). The number of carbonyl (C=O) groups is 1. The molecule has 1 N–H and O–H groups in total. The van der Waals surface area contributed by atoms with E-state index in [1.165, 1.54) is 4.90 Å². The summed E-state index contributed by atoms with van der Waals surface area (Å²) in [6, 6.07) is 0. The number of amides is 1. The van der Waals surface area contributed by atoms with Crippen LogP contribution in [-0.2, 0) is 23.9 Å². The van der Waals surface area contributed by atoms with Gasteiger partial charge in [0.2, 0.25) is 0 Å². The van der Waals surface area contributed by atoms with Crippen LogP contribution in [0.15, 0.2) is 6.20 Å². The van der Waals surface area contributed by atoms with Crippen molar-refractivity contribution >= 4 is 6.09 Å². The Balaban J connectivity index is 1.97. The van der Waals surface area contributed by atoms with Crippen LogP contribution in [0.2, 0.25) is 0 Å². The molecule has 3 heterocycles. The molecule has 0 saturated heterocycles. The molecule has 1 amide bonds. The molecule has 0 fully saturated rings. The molecule has 0 aliphatic carbocycles. The normalized spacial score (nSPS) is 14.9. The van der Waals surface area contributed by atoms with Crippen LogP contribution in [0.25, 0.3) is 11.4 Å². The first-order valence-corrected chi connectivity index (χ1v) is 8.41. The quantitative estimate of drug-likeness (QED) is 0.815. The molecule has 0 aromatic carbocycles. The van der Waals surface area contributed by atoms with E-state index < -0.39 is 23.4 Å². The maximum atomic E-state index is 13.3. The summed E-state index contributed by atoms with van der Waals surface area (Å²) in [5.41, 5.74) is -0.437. The molecule has 0 spiro atoms. The van der Waals surface area contributed by atoms with Gasteiger partial charge in [0.15, 0.2) is 0 Å². The molecule has 1 aliphatic rings.